The molecular weight excluding hydrogens is 469 g/mol. The van der Waals surface area contributed by atoms with Crippen molar-refractivity contribution < 1.29 is 31.4 Å². The van der Waals surface area contributed by atoms with Gasteiger partial charge in [-0.3, -0.25) is 4.98 Å². The van der Waals surface area contributed by atoms with Crippen LogP contribution >= 0.6 is 0 Å². The van der Waals surface area contributed by atoms with Gasteiger partial charge in [0.05, 0.1) is 12.0 Å². The van der Waals surface area contributed by atoms with Gasteiger partial charge in [0.2, 0.25) is 0 Å². The van der Waals surface area contributed by atoms with Crippen molar-refractivity contribution in [1.29, 1.82) is 0 Å². The minimum atomic E-state index is -4.95. The van der Waals surface area contributed by atoms with E-state index in [0.29, 0.717) is 34.2 Å². The molecule has 1 aromatic carbocycles. The summed E-state index contributed by atoms with van der Waals surface area (Å²) in [4.78, 5) is 6.87. The number of sulfone groups is 1. The van der Waals surface area contributed by atoms with E-state index in [9.17, 15) is 26.7 Å². The van der Waals surface area contributed by atoms with Gasteiger partial charge in [-0.15, -0.1) is 0 Å². The topological polar surface area (TPSA) is 92.3 Å². The van der Waals surface area contributed by atoms with Crippen LogP contribution in [-0.4, -0.2) is 48.6 Å². The Morgan fingerprint density at radius 2 is 1.85 bits per heavy atom. The Morgan fingerprint density at radius 3 is 2.38 bits per heavy atom. The van der Waals surface area contributed by atoms with E-state index in [0.717, 1.165) is 6.26 Å². The molecule has 3 rings (SSSR count). The Hall–Kier alpha value is -2.59. The molecule has 0 fully saturated rings. The van der Waals surface area contributed by atoms with Crippen LogP contribution in [0.2, 0.25) is 0 Å². The van der Waals surface area contributed by atoms with E-state index in [1.165, 1.54) is 37.7 Å². The lowest BCUT2D eigenvalue weighted by Gasteiger charge is -2.38. The number of ether oxygens (including phenoxy) is 1. The Bertz CT molecular complexity index is 1270. The van der Waals surface area contributed by atoms with Crippen LogP contribution in [0.25, 0.3) is 10.9 Å². The second kappa shape index (κ2) is 8.88. The van der Waals surface area contributed by atoms with Crippen molar-refractivity contribution >= 4 is 20.7 Å². The highest BCUT2D eigenvalue weighted by Gasteiger charge is 2.56. The summed E-state index contributed by atoms with van der Waals surface area (Å²) in [5.41, 5.74) is -2.71. The van der Waals surface area contributed by atoms with Gasteiger partial charge in [0.1, 0.15) is 5.75 Å². The largest absolute Gasteiger partial charge is 0.496 e. The van der Waals surface area contributed by atoms with Gasteiger partial charge in [0.15, 0.2) is 15.4 Å². The predicted octanol–water partition coefficient (Wildman–Crippen LogP) is 4.74. The summed E-state index contributed by atoms with van der Waals surface area (Å²) >= 11 is 0. The molecule has 0 aliphatic rings. The number of pyridine rings is 1. The van der Waals surface area contributed by atoms with Crippen molar-refractivity contribution in [2.75, 3.05) is 13.4 Å². The Morgan fingerprint density at radius 1 is 1.18 bits per heavy atom. The van der Waals surface area contributed by atoms with Crippen molar-refractivity contribution in [2.24, 2.45) is 0 Å². The number of nitrogens with zero attached hydrogens (tertiary/aromatic N) is 1. The third-order valence-electron chi connectivity index (χ3n) is 6.10. The fourth-order valence-electron chi connectivity index (χ4n) is 4.41. The number of benzene rings is 1. The lowest BCUT2D eigenvalue weighted by Crippen LogP contribution is -2.51. The van der Waals surface area contributed by atoms with Crippen LogP contribution < -0.4 is 4.74 Å². The number of methoxy groups -OCH3 is 1. The average molecular weight is 499 g/mol. The first kappa shape index (κ1) is 26.0. The van der Waals surface area contributed by atoms with E-state index in [1.807, 2.05) is 0 Å². The van der Waals surface area contributed by atoms with Crippen LogP contribution in [0.3, 0.4) is 0 Å². The quantitative estimate of drug-likeness (QED) is 0.468. The summed E-state index contributed by atoms with van der Waals surface area (Å²) in [6, 6.07) is 6.00. The van der Waals surface area contributed by atoms with Gasteiger partial charge >= 0.3 is 6.18 Å². The normalized spacial score (nSPS) is 14.9. The molecule has 1 unspecified atom stereocenters. The molecule has 2 aromatic heterocycles. The van der Waals surface area contributed by atoms with E-state index >= 15 is 0 Å². The second-order valence-electron chi connectivity index (χ2n) is 9.31. The number of alkyl halides is 3. The molecule has 3 aromatic rings. The average Bonchev–Trinajstić information content (AvgIpc) is 3.12. The molecule has 0 bridgehead atoms. The number of nitrogens with one attached hydrogen (secondary N) is 1. The van der Waals surface area contributed by atoms with Crippen molar-refractivity contribution in [3.05, 3.63) is 53.5 Å². The summed E-state index contributed by atoms with van der Waals surface area (Å²) in [6.07, 6.45) is -1.86. The monoisotopic (exact) mass is 498 g/mol. The molecule has 0 spiro atoms. The van der Waals surface area contributed by atoms with Crippen molar-refractivity contribution in [3.8, 4) is 5.75 Å². The van der Waals surface area contributed by atoms with E-state index in [2.05, 4.69) is 9.97 Å². The first-order valence-electron chi connectivity index (χ1n) is 10.7. The smallest absolute Gasteiger partial charge is 0.417 e. The highest BCUT2D eigenvalue weighted by atomic mass is 32.2. The minimum absolute atomic E-state index is 0.00751. The molecule has 0 saturated heterocycles. The molecule has 10 heteroatoms. The minimum Gasteiger partial charge on any atom is -0.496 e. The third-order valence-corrected chi connectivity index (χ3v) is 7.20. The number of aryl methyl sites for hydroxylation is 1. The number of rotatable bonds is 8. The Balaban J connectivity index is 2.10. The molecule has 0 radical (unpaired) electrons. The molecule has 186 valence electrons. The Kier molecular flexibility index (Phi) is 6.80. The Labute approximate surface area is 197 Å². The first-order valence-corrected chi connectivity index (χ1v) is 12.6. The van der Waals surface area contributed by atoms with Crippen LogP contribution in [0, 0.1) is 0 Å². The standard InChI is InChI=1S/C24H29F3N2O4S/c1-6-15-10-18(34(5,31)32)11-19(21(15)33-4)22(2,3)14-23(30,24(25,26)27)12-17-9-16-13-28-8-7-20(16)29-17/h7-11,13,29-30H,6,12,14H2,1-5H3. The molecule has 0 aliphatic carbocycles. The van der Waals surface area contributed by atoms with Crippen molar-refractivity contribution in [1.82, 2.24) is 9.97 Å². The van der Waals surface area contributed by atoms with Crippen molar-refractivity contribution in [3.63, 3.8) is 0 Å². The molecule has 0 saturated carbocycles. The lowest BCUT2D eigenvalue weighted by molar-refractivity contribution is -0.266. The lowest BCUT2D eigenvalue weighted by atomic mass is 9.72. The molecule has 6 nitrogen and oxygen atoms in total. The van der Waals surface area contributed by atoms with Gasteiger partial charge < -0.3 is 14.8 Å². The maximum absolute atomic E-state index is 14.3. The fraction of sp³-hybridized carbons (Fsp3) is 0.458. The zero-order chi connectivity index (χ0) is 25.5. The highest BCUT2D eigenvalue weighted by Crippen LogP contribution is 2.46. The summed E-state index contributed by atoms with van der Waals surface area (Å²) < 4.78 is 72.9. The molecule has 34 heavy (non-hydrogen) atoms. The van der Waals surface area contributed by atoms with Gasteiger partial charge in [-0.25, -0.2) is 8.42 Å². The highest BCUT2D eigenvalue weighted by molar-refractivity contribution is 7.90. The van der Waals surface area contributed by atoms with E-state index in [4.69, 9.17) is 4.74 Å². The molecular formula is C24H29F3N2O4S. The zero-order valence-corrected chi connectivity index (χ0v) is 20.6. The number of halogens is 3. The van der Waals surface area contributed by atoms with Gasteiger partial charge in [-0.2, -0.15) is 13.2 Å². The molecule has 2 heterocycles. The van der Waals surface area contributed by atoms with Crippen LogP contribution in [0.15, 0.2) is 41.6 Å². The maximum Gasteiger partial charge on any atom is 0.417 e. The molecule has 0 amide bonds. The van der Waals surface area contributed by atoms with E-state index in [-0.39, 0.29) is 10.6 Å². The van der Waals surface area contributed by atoms with E-state index < -0.39 is 39.9 Å². The van der Waals surface area contributed by atoms with Gasteiger partial charge in [0.25, 0.3) is 0 Å². The molecule has 2 N–H and O–H groups in total. The number of hydrogen-bond acceptors (Lipinski definition) is 5. The third kappa shape index (κ3) is 5.07. The number of fused-ring (bicyclic) bond motifs is 1. The first-order chi connectivity index (χ1) is 15.6. The number of aromatic amines is 1. The van der Waals surface area contributed by atoms with Gasteiger partial charge in [-0.1, -0.05) is 20.8 Å². The molecule has 1 atom stereocenters. The number of H-pyrrole nitrogens is 1. The maximum atomic E-state index is 14.3. The summed E-state index contributed by atoms with van der Waals surface area (Å²) in [5, 5.41) is 11.7. The van der Waals surface area contributed by atoms with Crippen LogP contribution in [0.4, 0.5) is 13.2 Å². The zero-order valence-electron chi connectivity index (χ0n) is 19.7. The van der Waals surface area contributed by atoms with E-state index in [1.54, 1.807) is 26.8 Å². The summed E-state index contributed by atoms with van der Waals surface area (Å²) in [7, 11) is -2.24. The second-order valence-corrected chi connectivity index (χ2v) is 11.3. The number of aromatic nitrogens is 2. The number of hydrogen-bond donors (Lipinski definition) is 2. The summed E-state index contributed by atoms with van der Waals surface area (Å²) in [5.74, 6) is 0.320. The van der Waals surface area contributed by atoms with Crippen LogP contribution in [0.5, 0.6) is 5.75 Å². The SMILES string of the molecule is CCc1cc(S(C)(=O)=O)cc(C(C)(C)CC(O)(Cc2cc3cnccc3[nH]2)C(F)(F)F)c1OC. The van der Waals surface area contributed by atoms with Crippen molar-refractivity contribution in [2.45, 2.75) is 62.1 Å². The summed E-state index contributed by atoms with van der Waals surface area (Å²) in [6.45, 7) is 4.89. The van der Waals surface area contributed by atoms with Gasteiger partial charge in [-0.05, 0) is 48.1 Å². The van der Waals surface area contributed by atoms with Crippen LogP contribution in [0.1, 0.15) is 44.0 Å². The number of aliphatic hydroxyl groups is 1. The predicted molar refractivity (Wildman–Crippen MR) is 124 cm³/mol. The fourth-order valence-corrected chi connectivity index (χ4v) is 5.10. The van der Waals surface area contributed by atoms with Crippen LogP contribution in [-0.2, 0) is 28.1 Å². The van der Waals surface area contributed by atoms with Gasteiger partial charge in [0, 0.05) is 47.2 Å². The molecule has 0 aliphatic heterocycles.